The quantitative estimate of drug-likeness (QED) is 0.516. The molecule has 0 heterocycles. The van der Waals surface area contributed by atoms with Crippen LogP contribution < -0.4 is 0 Å². The highest BCUT2D eigenvalue weighted by Gasteiger charge is 2.49. The maximum Gasteiger partial charge on any atom is 0.309 e. The number of rotatable bonds is 10. The second-order valence-corrected chi connectivity index (χ2v) is 6.83. The van der Waals surface area contributed by atoms with Crippen LogP contribution in [0.1, 0.15) is 57.9 Å². The van der Waals surface area contributed by atoms with Crippen LogP contribution in [0.25, 0.3) is 0 Å². The number of esters is 1. The molecule has 4 nitrogen and oxygen atoms in total. The third-order valence-corrected chi connectivity index (χ3v) is 5.14. The summed E-state index contributed by atoms with van der Waals surface area (Å²) in [5.74, 6) is -2.51. The van der Waals surface area contributed by atoms with Gasteiger partial charge < -0.3 is 9.84 Å². The molecule has 2 atom stereocenters. The lowest BCUT2D eigenvalue weighted by Gasteiger charge is -2.26. The second kappa shape index (κ2) is 8.32. The van der Waals surface area contributed by atoms with E-state index < -0.39 is 17.8 Å². The van der Waals surface area contributed by atoms with Gasteiger partial charge in [0.25, 0.3) is 0 Å². The average molecular weight is 332 g/mol. The lowest BCUT2D eigenvalue weighted by atomic mass is 9.78. The Morgan fingerprint density at radius 3 is 2.33 bits per heavy atom. The summed E-state index contributed by atoms with van der Waals surface area (Å²) in [6.45, 7) is 4.24. The van der Waals surface area contributed by atoms with Gasteiger partial charge in [-0.3, -0.25) is 9.59 Å². The highest BCUT2D eigenvalue weighted by molar-refractivity contribution is 5.81. The first-order valence-electron chi connectivity index (χ1n) is 8.99. The largest absolute Gasteiger partial charge is 0.481 e. The molecular weight excluding hydrogens is 304 g/mol. The van der Waals surface area contributed by atoms with Gasteiger partial charge in [0.15, 0.2) is 0 Å². The predicted octanol–water partition coefficient (Wildman–Crippen LogP) is 4.18. The molecule has 0 amide bonds. The van der Waals surface area contributed by atoms with Gasteiger partial charge in [-0.05, 0) is 43.1 Å². The normalized spacial score (nSPS) is 17.8. The van der Waals surface area contributed by atoms with E-state index >= 15 is 0 Å². The average Bonchev–Trinajstić information content (AvgIpc) is 3.36. The SMILES string of the molecule is CCCCOC(=O)C(CC1(c2ccccc2)CC1)C(CC)C(=O)O. The van der Waals surface area contributed by atoms with Gasteiger partial charge in [-0.2, -0.15) is 0 Å². The number of ether oxygens (including phenoxy) is 1. The molecule has 4 heteroatoms. The van der Waals surface area contributed by atoms with Gasteiger partial charge in [-0.25, -0.2) is 0 Å². The zero-order valence-electron chi connectivity index (χ0n) is 14.7. The van der Waals surface area contributed by atoms with Crippen LogP contribution in [0.3, 0.4) is 0 Å². The van der Waals surface area contributed by atoms with Gasteiger partial charge in [0.1, 0.15) is 0 Å². The summed E-state index contributed by atoms with van der Waals surface area (Å²) >= 11 is 0. The Labute approximate surface area is 144 Å². The maximum absolute atomic E-state index is 12.6. The third-order valence-electron chi connectivity index (χ3n) is 5.14. The van der Waals surface area contributed by atoms with Crippen molar-refractivity contribution in [2.24, 2.45) is 11.8 Å². The van der Waals surface area contributed by atoms with E-state index in [4.69, 9.17) is 4.74 Å². The molecule has 1 aliphatic carbocycles. The minimum Gasteiger partial charge on any atom is -0.481 e. The molecule has 0 spiro atoms. The number of carbonyl (C=O) groups is 2. The molecule has 24 heavy (non-hydrogen) atoms. The maximum atomic E-state index is 12.6. The highest BCUT2D eigenvalue weighted by Crippen LogP contribution is 2.53. The number of hydrogen-bond acceptors (Lipinski definition) is 3. The van der Waals surface area contributed by atoms with E-state index in [1.165, 1.54) is 5.56 Å². The summed E-state index contributed by atoms with van der Waals surface area (Å²) in [7, 11) is 0. The van der Waals surface area contributed by atoms with Crippen LogP contribution in [0.15, 0.2) is 30.3 Å². The van der Waals surface area contributed by atoms with Crippen molar-refractivity contribution in [1.29, 1.82) is 0 Å². The molecule has 1 fully saturated rings. The molecule has 2 unspecified atom stereocenters. The number of unbranched alkanes of at least 4 members (excludes halogenated alkanes) is 1. The van der Waals surface area contributed by atoms with Crippen LogP contribution in [0.2, 0.25) is 0 Å². The van der Waals surface area contributed by atoms with Crippen LogP contribution in [-0.4, -0.2) is 23.7 Å². The van der Waals surface area contributed by atoms with Crippen LogP contribution in [0, 0.1) is 11.8 Å². The highest BCUT2D eigenvalue weighted by atomic mass is 16.5. The molecule has 1 saturated carbocycles. The summed E-state index contributed by atoms with van der Waals surface area (Å²) in [5, 5.41) is 9.54. The third kappa shape index (κ3) is 4.37. The Balaban J connectivity index is 2.16. The van der Waals surface area contributed by atoms with Gasteiger partial charge >= 0.3 is 11.9 Å². The number of aliphatic carboxylic acids is 1. The van der Waals surface area contributed by atoms with Gasteiger partial charge in [0.05, 0.1) is 18.4 Å². The van der Waals surface area contributed by atoms with E-state index in [9.17, 15) is 14.7 Å². The molecule has 132 valence electrons. The number of carbonyl (C=O) groups excluding carboxylic acids is 1. The minimum absolute atomic E-state index is 0.0570. The number of carboxylic acids is 1. The fraction of sp³-hybridized carbons (Fsp3) is 0.600. The van der Waals surface area contributed by atoms with Crippen molar-refractivity contribution in [1.82, 2.24) is 0 Å². The van der Waals surface area contributed by atoms with E-state index in [0.717, 1.165) is 25.7 Å². The lowest BCUT2D eigenvalue weighted by Crippen LogP contribution is -2.34. The number of hydrogen-bond donors (Lipinski definition) is 1. The van der Waals surface area contributed by atoms with Crippen molar-refractivity contribution < 1.29 is 19.4 Å². The standard InChI is InChI=1S/C20H28O4/c1-3-5-13-24-19(23)17(16(4-2)18(21)22)14-20(11-12-20)15-9-7-6-8-10-15/h6-10,16-17H,3-5,11-14H2,1-2H3,(H,21,22). The lowest BCUT2D eigenvalue weighted by molar-refractivity contribution is -0.158. The molecule has 1 aliphatic rings. The molecular formula is C20H28O4. The smallest absolute Gasteiger partial charge is 0.309 e. The molecule has 0 aliphatic heterocycles. The number of benzene rings is 1. The summed E-state index contributed by atoms with van der Waals surface area (Å²) in [6, 6.07) is 10.1. The fourth-order valence-corrected chi connectivity index (χ4v) is 3.42. The summed E-state index contributed by atoms with van der Waals surface area (Å²) < 4.78 is 5.38. The van der Waals surface area contributed by atoms with Gasteiger partial charge in [-0.1, -0.05) is 50.6 Å². The predicted molar refractivity (Wildman–Crippen MR) is 92.7 cm³/mol. The molecule has 0 saturated heterocycles. The fourth-order valence-electron chi connectivity index (χ4n) is 3.42. The van der Waals surface area contributed by atoms with Crippen molar-refractivity contribution in [3.63, 3.8) is 0 Å². The zero-order valence-corrected chi connectivity index (χ0v) is 14.7. The van der Waals surface area contributed by atoms with Crippen molar-refractivity contribution in [2.45, 2.75) is 57.8 Å². The first-order valence-corrected chi connectivity index (χ1v) is 8.99. The monoisotopic (exact) mass is 332 g/mol. The molecule has 2 rings (SSSR count). The van der Waals surface area contributed by atoms with Gasteiger partial charge in [-0.15, -0.1) is 0 Å². The molecule has 0 aromatic heterocycles. The van der Waals surface area contributed by atoms with Crippen molar-refractivity contribution >= 4 is 11.9 Å². The number of carboxylic acid groups (broad SMARTS) is 1. The first kappa shape index (κ1) is 18.5. The minimum atomic E-state index is -0.904. The van der Waals surface area contributed by atoms with E-state index in [1.54, 1.807) is 0 Å². The molecule has 1 aromatic rings. The van der Waals surface area contributed by atoms with Crippen LogP contribution in [0.5, 0.6) is 0 Å². The van der Waals surface area contributed by atoms with E-state index in [-0.39, 0.29) is 11.4 Å². The van der Waals surface area contributed by atoms with Gasteiger partial charge in [0, 0.05) is 0 Å². The zero-order chi connectivity index (χ0) is 17.6. The first-order chi connectivity index (χ1) is 11.5. The van der Waals surface area contributed by atoms with Crippen molar-refractivity contribution in [3.05, 3.63) is 35.9 Å². The van der Waals surface area contributed by atoms with E-state index in [1.807, 2.05) is 32.0 Å². The van der Waals surface area contributed by atoms with Crippen LogP contribution in [0.4, 0.5) is 0 Å². The molecule has 0 bridgehead atoms. The molecule has 1 N–H and O–H groups in total. The second-order valence-electron chi connectivity index (χ2n) is 6.83. The summed E-state index contributed by atoms with van der Waals surface area (Å²) in [5.41, 5.74) is 1.15. The van der Waals surface area contributed by atoms with Crippen LogP contribution >= 0.6 is 0 Å². The van der Waals surface area contributed by atoms with Crippen LogP contribution in [-0.2, 0) is 19.7 Å². The van der Waals surface area contributed by atoms with Crippen molar-refractivity contribution in [3.8, 4) is 0 Å². The summed E-state index contributed by atoms with van der Waals surface area (Å²) in [6.07, 6.45) is 4.77. The Hall–Kier alpha value is -1.84. The van der Waals surface area contributed by atoms with E-state index in [0.29, 0.717) is 19.4 Å². The molecule has 0 radical (unpaired) electrons. The Morgan fingerprint density at radius 2 is 1.83 bits per heavy atom. The summed E-state index contributed by atoms with van der Waals surface area (Å²) in [4.78, 5) is 24.2. The topological polar surface area (TPSA) is 63.6 Å². The van der Waals surface area contributed by atoms with Gasteiger partial charge in [0.2, 0.25) is 0 Å². The Bertz CT molecular complexity index is 548. The molecule has 1 aromatic carbocycles. The van der Waals surface area contributed by atoms with E-state index in [2.05, 4.69) is 12.1 Å². The Kier molecular flexibility index (Phi) is 6.41. The Morgan fingerprint density at radius 1 is 1.17 bits per heavy atom. The van der Waals surface area contributed by atoms with Crippen molar-refractivity contribution in [2.75, 3.05) is 6.61 Å².